The lowest BCUT2D eigenvalue weighted by Crippen LogP contribution is -2.42. The third-order valence-corrected chi connectivity index (χ3v) is 4.70. The number of amides is 1. The number of carbonyl (C=O) groups excluding carboxylic acids is 1. The lowest BCUT2D eigenvalue weighted by molar-refractivity contribution is 0.0932. The van der Waals surface area contributed by atoms with Crippen molar-refractivity contribution in [1.82, 2.24) is 5.32 Å². The Kier molecular flexibility index (Phi) is 4.65. The molecule has 20 heavy (non-hydrogen) atoms. The molecule has 2 rings (SSSR count). The molecule has 0 aromatic heterocycles. The SMILES string of the molecule is Cc1c(Br)cccc1C(=O)NC1CCCC1C(N)=NO. The van der Waals surface area contributed by atoms with E-state index in [-0.39, 0.29) is 23.7 Å². The van der Waals surface area contributed by atoms with Gasteiger partial charge < -0.3 is 16.3 Å². The van der Waals surface area contributed by atoms with Crippen molar-refractivity contribution in [3.63, 3.8) is 0 Å². The maximum absolute atomic E-state index is 12.4. The molecule has 1 aliphatic carbocycles. The summed E-state index contributed by atoms with van der Waals surface area (Å²) in [7, 11) is 0. The summed E-state index contributed by atoms with van der Waals surface area (Å²) >= 11 is 3.42. The predicted molar refractivity (Wildman–Crippen MR) is 80.9 cm³/mol. The molecular formula is C14H18BrN3O2. The monoisotopic (exact) mass is 339 g/mol. The van der Waals surface area contributed by atoms with Crippen LogP contribution in [0, 0.1) is 12.8 Å². The minimum absolute atomic E-state index is 0.0724. The van der Waals surface area contributed by atoms with E-state index in [1.54, 1.807) is 6.07 Å². The molecular weight excluding hydrogens is 322 g/mol. The van der Waals surface area contributed by atoms with Gasteiger partial charge in [0.2, 0.25) is 0 Å². The number of nitrogens with zero attached hydrogens (tertiary/aromatic N) is 1. The van der Waals surface area contributed by atoms with Crippen LogP contribution in [-0.4, -0.2) is 23.0 Å². The highest BCUT2D eigenvalue weighted by molar-refractivity contribution is 9.10. The number of benzene rings is 1. The van der Waals surface area contributed by atoms with E-state index in [0.717, 1.165) is 29.3 Å². The molecule has 0 aliphatic heterocycles. The zero-order valence-corrected chi connectivity index (χ0v) is 12.9. The molecule has 108 valence electrons. The highest BCUT2D eigenvalue weighted by Gasteiger charge is 2.32. The molecule has 2 atom stereocenters. The first kappa shape index (κ1) is 14.8. The third kappa shape index (κ3) is 2.95. The van der Waals surface area contributed by atoms with Gasteiger partial charge in [0.15, 0.2) is 0 Å². The van der Waals surface area contributed by atoms with Crippen molar-refractivity contribution in [3.8, 4) is 0 Å². The predicted octanol–water partition coefficient (Wildman–Crippen LogP) is 2.40. The Morgan fingerprint density at radius 2 is 2.25 bits per heavy atom. The van der Waals surface area contributed by atoms with Crippen LogP contribution in [0.5, 0.6) is 0 Å². The Labute approximate surface area is 126 Å². The lowest BCUT2D eigenvalue weighted by atomic mass is 10.0. The normalized spacial score (nSPS) is 22.8. The molecule has 1 aromatic carbocycles. The van der Waals surface area contributed by atoms with E-state index in [9.17, 15) is 4.79 Å². The molecule has 0 bridgehead atoms. The number of hydrogen-bond acceptors (Lipinski definition) is 3. The molecule has 0 spiro atoms. The standard InChI is InChI=1S/C14H18BrN3O2/c1-8-9(4-2-6-11(8)15)14(19)17-12-7-3-5-10(12)13(16)18-20/h2,4,6,10,12,20H,3,5,7H2,1H3,(H2,16,18)(H,17,19). The molecule has 0 radical (unpaired) electrons. The summed E-state index contributed by atoms with van der Waals surface area (Å²) in [5.74, 6) is -0.0124. The number of nitrogens with one attached hydrogen (secondary N) is 1. The van der Waals surface area contributed by atoms with Gasteiger partial charge in [0.1, 0.15) is 5.84 Å². The molecule has 2 unspecified atom stereocenters. The summed E-state index contributed by atoms with van der Waals surface area (Å²) in [5.41, 5.74) is 7.23. The largest absolute Gasteiger partial charge is 0.409 e. The van der Waals surface area contributed by atoms with Crippen LogP contribution < -0.4 is 11.1 Å². The van der Waals surface area contributed by atoms with Gasteiger partial charge in [-0.1, -0.05) is 33.6 Å². The topological polar surface area (TPSA) is 87.7 Å². The molecule has 5 nitrogen and oxygen atoms in total. The van der Waals surface area contributed by atoms with Crippen LogP contribution in [0.3, 0.4) is 0 Å². The van der Waals surface area contributed by atoms with E-state index in [2.05, 4.69) is 26.4 Å². The van der Waals surface area contributed by atoms with Crippen molar-refractivity contribution in [1.29, 1.82) is 0 Å². The van der Waals surface area contributed by atoms with Crippen molar-refractivity contribution >= 4 is 27.7 Å². The summed E-state index contributed by atoms with van der Waals surface area (Å²) in [6.07, 6.45) is 2.64. The molecule has 0 saturated heterocycles. The van der Waals surface area contributed by atoms with E-state index in [4.69, 9.17) is 10.9 Å². The van der Waals surface area contributed by atoms with Crippen molar-refractivity contribution in [3.05, 3.63) is 33.8 Å². The zero-order valence-electron chi connectivity index (χ0n) is 11.3. The number of rotatable bonds is 3. The Morgan fingerprint density at radius 1 is 1.50 bits per heavy atom. The molecule has 1 fully saturated rings. The van der Waals surface area contributed by atoms with Crippen molar-refractivity contribution in [2.75, 3.05) is 0 Å². The van der Waals surface area contributed by atoms with E-state index in [0.29, 0.717) is 5.56 Å². The van der Waals surface area contributed by atoms with Gasteiger partial charge in [-0.3, -0.25) is 4.79 Å². The minimum atomic E-state index is -0.119. The van der Waals surface area contributed by atoms with Gasteiger partial charge in [-0.2, -0.15) is 0 Å². The maximum Gasteiger partial charge on any atom is 0.251 e. The fraction of sp³-hybridized carbons (Fsp3) is 0.429. The van der Waals surface area contributed by atoms with Crippen LogP contribution in [-0.2, 0) is 0 Å². The Morgan fingerprint density at radius 3 is 2.95 bits per heavy atom. The summed E-state index contributed by atoms with van der Waals surface area (Å²) in [4.78, 5) is 12.4. The van der Waals surface area contributed by atoms with Crippen LogP contribution in [0.4, 0.5) is 0 Å². The number of hydrogen-bond donors (Lipinski definition) is 3. The molecule has 1 aromatic rings. The summed E-state index contributed by atoms with van der Waals surface area (Å²) in [5, 5.41) is 14.9. The molecule has 1 amide bonds. The van der Waals surface area contributed by atoms with Crippen LogP contribution in [0.1, 0.15) is 35.2 Å². The number of nitrogens with two attached hydrogens (primary N) is 1. The molecule has 0 heterocycles. The maximum atomic E-state index is 12.4. The van der Waals surface area contributed by atoms with Gasteiger partial charge in [-0.05, 0) is 37.5 Å². The average molecular weight is 340 g/mol. The second kappa shape index (κ2) is 6.26. The van der Waals surface area contributed by atoms with E-state index in [1.165, 1.54) is 0 Å². The lowest BCUT2D eigenvalue weighted by Gasteiger charge is -2.20. The number of oxime groups is 1. The number of carbonyl (C=O) groups is 1. The average Bonchev–Trinajstić information content (AvgIpc) is 2.89. The zero-order chi connectivity index (χ0) is 14.7. The van der Waals surface area contributed by atoms with Crippen molar-refractivity contribution in [2.45, 2.75) is 32.2 Å². The van der Waals surface area contributed by atoms with Crippen molar-refractivity contribution < 1.29 is 10.0 Å². The smallest absolute Gasteiger partial charge is 0.251 e. The highest BCUT2D eigenvalue weighted by atomic mass is 79.9. The van der Waals surface area contributed by atoms with Crippen LogP contribution in [0.25, 0.3) is 0 Å². The quantitative estimate of drug-likeness (QED) is 0.342. The Bertz CT molecular complexity index is 545. The van der Waals surface area contributed by atoms with E-state index in [1.807, 2.05) is 19.1 Å². The van der Waals surface area contributed by atoms with Crippen LogP contribution >= 0.6 is 15.9 Å². The Balaban J connectivity index is 2.13. The van der Waals surface area contributed by atoms with Gasteiger partial charge in [-0.25, -0.2) is 0 Å². The third-order valence-electron chi connectivity index (χ3n) is 3.84. The highest BCUT2D eigenvalue weighted by Crippen LogP contribution is 2.27. The summed E-state index contributed by atoms with van der Waals surface area (Å²) < 4.78 is 0.907. The number of halogens is 1. The molecule has 6 heteroatoms. The van der Waals surface area contributed by atoms with E-state index < -0.39 is 0 Å². The van der Waals surface area contributed by atoms with Gasteiger partial charge in [0.05, 0.1) is 0 Å². The fourth-order valence-electron chi connectivity index (χ4n) is 2.66. The minimum Gasteiger partial charge on any atom is -0.409 e. The first-order chi connectivity index (χ1) is 9.54. The second-order valence-corrected chi connectivity index (χ2v) is 5.91. The van der Waals surface area contributed by atoms with Gasteiger partial charge >= 0.3 is 0 Å². The summed E-state index contributed by atoms with van der Waals surface area (Å²) in [6, 6.07) is 5.46. The summed E-state index contributed by atoms with van der Waals surface area (Å²) in [6.45, 7) is 1.90. The molecule has 1 aliphatic rings. The first-order valence-corrected chi connectivity index (χ1v) is 7.37. The number of amidine groups is 1. The second-order valence-electron chi connectivity index (χ2n) is 5.05. The molecule has 1 saturated carbocycles. The van der Waals surface area contributed by atoms with Gasteiger partial charge in [-0.15, -0.1) is 0 Å². The Hall–Kier alpha value is -1.56. The van der Waals surface area contributed by atoms with Gasteiger partial charge in [0.25, 0.3) is 5.91 Å². The van der Waals surface area contributed by atoms with Crippen molar-refractivity contribution in [2.24, 2.45) is 16.8 Å². The first-order valence-electron chi connectivity index (χ1n) is 6.58. The van der Waals surface area contributed by atoms with Crippen LogP contribution in [0.15, 0.2) is 27.8 Å². The van der Waals surface area contributed by atoms with E-state index >= 15 is 0 Å². The fourth-order valence-corrected chi connectivity index (χ4v) is 3.03. The molecule has 4 N–H and O–H groups in total. The van der Waals surface area contributed by atoms with Gasteiger partial charge in [0, 0.05) is 22.0 Å². The van der Waals surface area contributed by atoms with Crippen LogP contribution in [0.2, 0.25) is 0 Å².